The fourth-order valence-electron chi connectivity index (χ4n) is 2.65. The van der Waals surface area contributed by atoms with Crippen molar-refractivity contribution in [2.75, 3.05) is 43.4 Å². The summed E-state index contributed by atoms with van der Waals surface area (Å²) in [5.74, 6) is 2.39. The van der Waals surface area contributed by atoms with Gasteiger partial charge in [-0.25, -0.2) is 0 Å². The van der Waals surface area contributed by atoms with E-state index in [1.54, 1.807) is 0 Å². The molecule has 0 bridgehead atoms. The Bertz CT molecular complexity index is 399. The molecule has 1 aliphatic rings. The molecule has 1 aromatic carbocycles. The lowest BCUT2D eigenvalue weighted by Crippen LogP contribution is -2.48. The van der Waals surface area contributed by atoms with E-state index in [2.05, 4.69) is 48.4 Å². The minimum absolute atomic E-state index is 0.695. The predicted molar refractivity (Wildman–Crippen MR) is 92.3 cm³/mol. The van der Waals surface area contributed by atoms with E-state index in [9.17, 15) is 0 Å². The Labute approximate surface area is 133 Å². The van der Waals surface area contributed by atoms with Crippen molar-refractivity contribution in [3.05, 3.63) is 29.3 Å². The summed E-state index contributed by atoms with van der Waals surface area (Å²) < 4.78 is 0. The van der Waals surface area contributed by atoms with E-state index in [4.69, 9.17) is 11.6 Å². The standard InChI is InChI=1S/C16H25ClN2S/c1-13(2)14(12-20)11-18-7-9-19(10-8-18)16-5-3-15(17)4-6-16/h3-6,13-14,20H,7-12H2,1-2H3. The second kappa shape index (κ2) is 7.58. The lowest BCUT2D eigenvalue weighted by atomic mass is 9.97. The Balaban J connectivity index is 1.84. The fourth-order valence-corrected chi connectivity index (χ4v) is 3.31. The average molecular weight is 313 g/mol. The summed E-state index contributed by atoms with van der Waals surface area (Å²) in [5, 5.41) is 0.806. The zero-order valence-electron chi connectivity index (χ0n) is 12.4. The van der Waals surface area contributed by atoms with E-state index < -0.39 is 0 Å². The number of anilines is 1. The molecule has 1 aliphatic heterocycles. The number of nitrogens with zero attached hydrogens (tertiary/aromatic N) is 2. The zero-order chi connectivity index (χ0) is 14.5. The summed E-state index contributed by atoms with van der Waals surface area (Å²) in [6, 6.07) is 8.17. The maximum atomic E-state index is 5.94. The molecule has 0 spiro atoms. The first kappa shape index (κ1) is 16.0. The number of hydrogen-bond donors (Lipinski definition) is 1. The van der Waals surface area contributed by atoms with Gasteiger partial charge >= 0.3 is 0 Å². The molecule has 2 rings (SSSR count). The van der Waals surface area contributed by atoms with Crippen molar-refractivity contribution < 1.29 is 0 Å². The van der Waals surface area contributed by atoms with E-state index in [0.717, 1.165) is 37.0 Å². The molecule has 0 aromatic heterocycles. The van der Waals surface area contributed by atoms with E-state index in [0.29, 0.717) is 11.8 Å². The Morgan fingerprint density at radius 1 is 1.10 bits per heavy atom. The third-order valence-electron chi connectivity index (χ3n) is 4.23. The highest BCUT2D eigenvalue weighted by atomic mass is 35.5. The molecule has 112 valence electrons. The number of benzene rings is 1. The molecule has 1 heterocycles. The maximum absolute atomic E-state index is 5.94. The summed E-state index contributed by atoms with van der Waals surface area (Å²) >= 11 is 10.4. The lowest BCUT2D eigenvalue weighted by Gasteiger charge is -2.38. The van der Waals surface area contributed by atoms with Gasteiger partial charge < -0.3 is 4.90 Å². The van der Waals surface area contributed by atoms with Crippen LogP contribution in [-0.2, 0) is 0 Å². The van der Waals surface area contributed by atoms with E-state index >= 15 is 0 Å². The largest absolute Gasteiger partial charge is 0.369 e. The topological polar surface area (TPSA) is 6.48 Å². The summed E-state index contributed by atoms with van der Waals surface area (Å²) in [4.78, 5) is 5.02. The molecule has 0 amide bonds. The SMILES string of the molecule is CC(C)C(CS)CN1CCN(c2ccc(Cl)cc2)CC1. The second-order valence-corrected chi connectivity index (χ2v) is 6.75. The number of rotatable bonds is 5. The average Bonchev–Trinajstić information content (AvgIpc) is 2.46. The van der Waals surface area contributed by atoms with Crippen LogP contribution in [0.1, 0.15) is 13.8 Å². The molecule has 2 nitrogen and oxygen atoms in total. The van der Waals surface area contributed by atoms with E-state index in [-0.39, 0.29) is 0 Å². The van der Waals surface area contributed by atoms with Gasteiger partial charge in [-0.2, -0.15) is 12.6 Å². The van der Waals surface area contributed by atoms with Crippen LogP contribution in [0.4, 0.5) is 5.69 Å². The van der Waals surface area contributed by atoms with Crippen LogP contribution in [0.3, 0.4) is 0 Å². The van der Waals surface area contributed by atoms with Crippen LogP contribution >= 0.6 is 24.2 Å². The second-order valence-electron chi connectivity index (χ2n) is 5.95. The molecule has 0 saturated carbocycles. The van der Waals surface area contributed by atoms with Crippen LogP contribution in [-0.4, -0.2) is 43.4 Å². The van der Waals surface area contributed by atoms with Crippen molar-refractivity contribution in [3.63, 3.8) is 0 Å². The van der Waals surface area contributed by atoms with Crippen LogP contribution in [0.2, 0.25) is 5.02 Å². The number of thiol groups is 1. The van der Waals surface area contributed by atoms with Crippen LogP contribution in [0, 0.1) is 11.8 Å². The van der Waals surface area contributed by atoms with Gasteiger partial charge in [0.2, 0.25) is 0 Å². The van der Waals surface area contributed by atoms with Crippen molar-refractivity contribution in [1.29, 1.82) is 0 Å². The summed E-state index contributed by atoms with van der Waals surface area (Å²) in [7, 11) is 0. The number of hydrogen-bond acceptors (Lipinski definition) is 3. The molecular weight excluding hydrogens is 288 g/mol. The van der Waals surface area contributed by atoms with Crippen LogP contribution in [0.15, 0.2) is 24.3 Å². The van der Waals surface area contributed by atoms with Gasteiger partial charge in [-0.15, -0.1) is 0 Å². The Morgan fingerprint density at radius 3 is 2.20 bits per heavy atom. The smallest absolute Gasteiger partial charge is 0.0407 e. The van der Waals surface area contributed by atoms with E-state index in [1.807, 2.05) is 12.1 Å². The third kappa shape index (κ3) is 4.31. The summed E-state index contributed by atoms with van der Waals surface area (Å²) in [6.45, 7) is 10.2. The number of piperazine rings is 1. The van der Waals surface area contributed by atoms with Gasteiger partial charge in [0.25, 0.3) is 0 Å². The van der Waals surface area contributed by atoms with Gasteiger partial charge in [-0.05, 0) is 41.9 Å². The van der Waals surface area contributed by atoms with Crippen molar-refractivity contribution in [2.24, 2.45) is 11.8 Å². The van der Waals surface area contributed by atoms with Crippen LogP contribution < -0.4 is 4.90 Å². The molecule has 4 heteroatoms. The molecule has 0 radical (unpaired) electrons. The first-order valence-corrected chi connectivity index (χ1v) is 8.45. The first-order valence-electron chi connectivity index (χ1n) is 7.44. The van der Waals surface area contributed by atoms with Crippen LogP contribution in [0.25, 0.3) is 0 Å². The molecule has 1 saturated heterocycles. The normalized spacial score (nSPS) is 18.6. The van der Waals surface area contributed by atoms with Gasteiger partial charge in [0.05, 0.1) is 0 Å². The van der Waals surface area contributed by atoms with Crippen molar-refractivity contribution >= 4 is 29.9 Å². The van der Waals surface area contributed by atoms with Gasteiger partial charge in [-0.1, -0.05) is 25.4 Å². The molecule has 20 heavy (non-hydrogen) atoms. The monoisotopic (exact) mass is 312 g/mol. The Hall–Kier alpha value is -0.380. The molecule has 0 aliphatic carbocycles. The number of halogens is 1. The minimum Gasteiger partial charge on any atom is -0.369 e. The highest BCUT2D eigenvalue weighted by Gasteiger charge is 2.21. The molecule has 1 aromatic rings. The molecule has 1 unspecified atom stereocenters. The Morgan fingerprint density at radius 2 is 1.70 bits per heavy atom. The quantitative estimate of drug-likeness (QED) is 0.829. The third-order valence-corrected chi connectivity index (χ3v) is 4.96. The van der Waals surface area contributed by atoms with E-state index in [1.165, 1.54) is 12.2 Å². The highest BCUT2D eigenvalue weighted by molar-refractivity contribution is 7.80. The fraction of sp³-hybridized carbons (Fsp3) is 0.625. The summed E-state index contributed by atoms with van der Waals surface area (Å²) in [6.07, 6.45) is 0. The van der Waals surface area contributed by atoms with Gasteiger partial charge in [0.1, 0.15) is 0 Å². The zero-order valence-corrected chi connectivity index (χ0v) is 14.1. The van der Waals surface area contributed by atoms with Gasteiger partial charge in [-0.3, -0.25) is 4.90 Å². The first-order chi connectivity index (χ1) is 9.60. The molecule has 0 N–H and O–H groups in total. The van der Waals surface area contributed by atoms with Crippen molar-refractivity contribution in [3.8, 4) is 0 Å². The molecule has 1 fully saturated rings. The molecular formula is C16H25ClN2S. The molecule has 1 atom stereocenters. The van der Waals surface area contributed by atoms with Crippen molar-refractivity contribution in [1.82, 2.24) is 4.90 Å². The highest BCUT2D eigenvalue weighted by Crippen LogP contribution is 2.21. The van der Waals surface area contributed by atoms with Crippen molar-refractivity contribution in [2.45, 2.75) is 13.8 Å². The van der Waals surface area contributed by atoms with Crippen LogP contribution in [0.5, 0.6) is 0 Å². The van der Waals surface area contributed by atoms with Gasteiger partial charge in [0.15, 0.2) is 0 Å². The van der Waals surface area contributed by atoms with Gasteiger partial charge in [0, 0.05) is 43.4 Å². The summed E-state index contributed by atoms with van der Waals surface area (Å²) in [5.41, 5.74) is 1.28. The minimum atomic E-state index is 0.695. The lowest BCUT2D eigenvalue weighted by molar-refractivity contribution is 0.204. The maximum Gasteiger partial charge on any atom is 0.0407 e. The Kier molecular flexibility index (Phi) is 6.06. The predicted octanol–water partition coefficient (Wildman–Crippen LogP) is 3.66.